The van der Waals surface area contributed by atoms with Crippen LogP contribution in [0, 0.1) is 0 Å². The lowest BCUT2D eigenvalue weighted by Crippen LogP contribution is -1.90. The van der Waals surface area contributed by atoms with Crippen LogP contribution in [0.1, 0.15) is 0 Å². The van der Waals surface area contributed by atoms with E-state index in [0.29, 0.717) is 0 Å². The van der Waals surface area contributed by atoms with Crippen LogP contribution >= 0.6 is 11.8 Å². The van der Waals surface area contributed by atoms with Gasteiger partial charge in [-0.25, -0.2) is 0 Å². The summed E-state index contributed by atoms with van der Waals surface area (Å²) in [5.41, 5.74) is 5.10. The maximum absolute atomic E-state index is 3.82. The van der Waals surface area contributed by atoms with Gasteiger partial charge in [0, 0.05) is 4.90 Å². The summed E-state index contributed by atoms with van der Waals surface area (Å²) in [7, 11) is 0. The van der Waals surface area contributed by atoms with Gasteiger partial charge in [0.05, 0.1) is 0 Å². The Morgan fingerprint density at radius 3 is 1.34 bits per heavy atom. The van der Waals surface area contributed by atoms with Crippen molar-refractivity contribution in [3.63, 3.8) is 0 Å². The molecule has 0 atom stereocenters. The Hall–Kier alpha value is -3.29. The molecule has 0 saturated carbocycles. The van der Waals surface area contributed by atoms with Crippen LogP contribution in [0.4, 0.5) is 0 Å². The zero-order chi connectivity index (χ0) is 19.6. The lowest BCUT2D eigenvalue weighted by molar-refractivity contribution is 1.47. The van der Waals surface area contributed by atoms with Gasteiger partial charge in [-0.15, -0.1) is 0 Å². The molecule has 0 aliphatic carbocycles. The predicted octanol–water partition coefficient (Wildman–Crippen LogP) is 8.56. The van der Waals surface area contributed by atoms with Crippen LogP contribution in [0.2, 0.25) is 0 Å². The molecule has 0 bridgehead atoms. The Balaban J connectivity index is 1.89. The molecule has 0 nitrogen and oxygen atoms in total. The molecule has 0 spiro atoms. The summed E-state index contributed by atoms with van der Waals surface area (Å²) in [6.45, 7) is 3.82. The molecule has 0 N–H and O–H groups in total. The Bertz CT molecular complexity index is 1260. The maximum atomic E-state index is 3.82. The summed E-state index contributed by atoms with van der Waals surface area (Å²) in [4.78, 5) is 1.21. The first-order valence-electron chi connectivity index (χ1n) is 9.73. The van der Waals surface area contributed by atoms with E-state index in [-0.39, 0.29) is 0 Å². The predicted molar refractivity (Wildman–Crippen MR) is 128 cm³/mol. The molecule has 0 amide bonds. The third-order valence-electron chi connectivity index (χ3n) is 5.36. The second-order valence-corrected chi connectivity index (χ2v) is 8.06. The molecule has 0 radical (unpaired) electrons. The van der Waals surface area contributed by atoms with Crippen LogP contribution in [0.15, 0.2) is 120 Å². The van der Waals surface area contributed by atoms with E-state index in [2.05, 4.69) is 110 Å². The number of hydrogen-bond acceptors (Lipinski definition) is 1. The van der Waals surface area contributed by atoms with Crippen LogP contribution in [-0.2, 0) is 0 Å². The van der Waals surface area contributed by atoms with E-state index in [1.54, 1.807) is 11.8 Å². The third-order valence-corrected chi connectivity index (χ3v) is 6.07. The monoisotopic (exact) mass is 388 g/mol. The molecular formula is C28H20S. The summed E-state index contributed by atoms with van der Waals surface area (Å²) < 4.78 is 0. The lowest BCUT2D eigenvalue weighted by atomic mass is 9.86. The second-order valence-electron chi connectivity index (χ2n) is 7.02. The minimum atomic E-state index is 1.21. The highest BCUT2D eigenvalue weighted by molar-refractivity contribution is 8.02. The van der Waals surface area contributed by atoms with Gasteiger partial charge < -0.3 is 0 Å². The van der Waals surface area contributed by atoms with Crippen molar-refractivity contribution in [3.8, 4) is 22.3 Å². The van der Waals surface area contributed by atoms with Gasteiger partial charge in [-0.1, -0.05) is 109 Å². The van der Waals surface area contributed by atoms with Crippen LogP contribution in [0.3, 0.4) is 0 Å². The van der Waals surface area contributed by atoms with Gasteiger partial charge in [-0.05, 0) is 61.3 Å². The maximum Gasteiger partial charge on any atom is 0.0116 e. The molecule has 0 fully saturated rings. The van der Waals surface area contributed by atoms with E-state index >= 15 is 0 Å². The van der Waals surface area contributed by atoms with Crippen molar-refractivity contribution in [1.29, 1.82) is 0 Å². The zero-order valence-corrected chi connectivity index (χ0v) is 16.8. The molecule has 0 aliphatic heterocycles. The van der Waals surface area contributed by atoms with E-state index < -0.39 is 0 Å². The SMILES string of the molecule is C=CSc1ccc(-c2c3ccccc3c(-c3ccccc3)c3ccccc23)cc1. The highest BCUT2D eigenvalue weighted by Gasteiger charge is 2.15. The largest absolute Gasteiger partial charge is 0.0987 e. The summed E-state index contributed by atoms with van der Waals surface area (Å²) in [6.07, 6.45) is 0. The summed E-state index contributed by atoms with van der Waals surface area (Å²) in [5.74, 6) is 0. The van der Waals surface area contributed by atoms with Crippen molar-refractivity contribution in [2.45, 2.75) is 4.90 Å². The number of rotatable bonds is 4. The Kier molecular flexibility index (Phi) is 4.67. The number of benzene rings is 5. The van der Waals surface area contributed by atoms with Crippen LogP contribution in [0.25, 0.3) is 43.8 Å². The average Bonchev–Trinajstić information content (AvgIpc) is 2.79. The Morgan fingerprint density at radius 1 is 0.483 bits per heavy atom. The normalized spacial score (nSPS) is 11.0. The molecular weight excluding hydrogens is 368 g/mol. The van der Waals surface area contributed by atoms with E-state index in [1.165, 1.54) is 48.7 Å². The summed E-state index contributed by atoms with van der Waals surface area (Å²) >= 11 is 1.65. The summed E-state index contributed by atoms with van der Waals surface area (Å²) in [5, 5.41) is 7.02. The van der Waals surface area contributed by atoms with E-state index in [4.69, 9.17) is 0 Å². The van der Waals surface area contributed by atoms with Crippen molar-refractivity contribution >= 4 is 33.3 Å². The van der Waals surface area contributed by atoms with Gasteiger partial charge in [0.1, 0.15) is 0 Å². The fourth-order valence-electron chi connectivity index (χ4n) is 4.15. The molecule has 5 rings (SSSR count). The Morgan fingerprint density at radius 2 is 0.897 bits per heavy atom. The average molecular weight is 389 g/mol. The van der Waals surface area contributed by atoms with E-state index in [9.17, 15) is 0 Å². The van der Waals surface area contributed by atoms with Crippen molar-refractivity contribution in [3.05, 3.63) is 115 Å². The minimum absolute atomic E-state index is 1.21. The van der Waals surface area contributed by atoms with Gasteiger partial charge in [-0.2, -0.15) is 0 Å². The minimum Gasteiger partial charge on any atom is -0.0987 e. The van der Waals surface area contributed by atoms with Gasteiger partial charge >= 0.3 is 0 Å². The van der Waals surface area contributed by atoms with Crippen LogP contribution < -0.4 is 0 Å². The van der Waals surface area contributed by atoms with Crippen LogP contribution in [-0.4, -0.2) is 0 Å². The van der Waals surface area contributed by atoms with E-state index in [0.717, 1.165) is 0 Å². The molecule has 0 aliphatic rings. The topological polar surface area (TPSA) is 0 Å². The van der Waals surface area contributed by atoms with Gasteiger partial charge in [0.2, 0.25) is 0 Å². The zero-order valence-electron chi connectivity index (χ0n) is 16.0. The molecule has 5 aromatic carbocycles. The first kappa shape index (κ1) is 17.8. The first-order valence-corrected chi connectivity index (χ1v) is 10.6. The van der Waals surface area contributed by atoms with E-state index in [1.807, 2.05) is 5.41 Å². The molecule has 29 heavy (non-hydrogen) atoms. The third kappa shape index (κ3) is 3.14. The van der Waals surface area contributed by atoms with Crippen molar-refractivity contribution in [2.75, 3.05) is 0 Å². The quantitative estimate of drug-likeness (QED) is 0.219. The van der Waals surface area contributed by atoms with Gasteiger partial charge in [-0.3, -0.25) is 0 Å². The molecule has 0 unspecified atom stereocenters. The van der Waals surface area contributed by atoms with Crippen molar-refractivity contribution in [1.82, 2.24) is 0 Å². The molecule has 0 aromatic heterocycles. The number of thioether (sulfide) groups is 1. The molecule has 0 saturated heterocycles. The van der Waals surface area contributed by atoms with Gasteiger partial charge in [0.15, 0.2) is 0 Å². The van der Waals surface area contributed by atoms with Gasteiger partial charge in [0.25, 0.3) is 0 Å². The molecule has 1 heteroatoms. The Labute approximate surface area is 175 Å². The fraction of sp³-hybridized carbons (Fsp3) is 0. The van der Waals surface area contributed by atoms with Crippen molar-refractivity contribution < 1.29 is 0 Å². The highest BCUT2D eigenvalue weighted by atomic mass is 32.2. The standard InChI is InChI=1S/C28H20S/c1-2-29-22-18-16-21(17-19-22)28-25-14-8-6-12-23(25)27(20-10-4-3-5-11-20)24-13-7-9-15-26(24)28/h2-19H,1H2. The molecule has 5 aromatic rings. The first-order chi connectivity index (χ1) is 14.4. The molecule has 0 heterocycles. The number of fused-ring (bicyclic) bond motifs is 2. The highest BCUT2D eigenvalue weighted by Crippen LogP contribution is 2.43. The molecule has 138 valence electrons. The second kappa shape index (κ2) is 7.62. The lowest BCUT2D eigenvalue weighted by Gasteiger charge is -2.17. The van der Waals surface area contributed by atoms with Crippen molar-refractivity contribution in [2.24, 2.45) is 0 Å². The fourth-order valence-corrected chi connectivity index (χ4v) is 4.64. The smallest absolute Gasteiger partial charge is 0.0116 e. The summed E-state index contributed by atoms with van der Waals surface area (Å²) in [6, 6.07) is 37.0. The van der Waals surface area contributed by atoms with Crippen LogP contribution in [0.5, 0.6) is 0 Å². The number of hydrogen-bond donors (Lipinski definition) is 0.